The summed E-state index contributed by atoms with van der Waals surface area (Å²) in [5, 5.41) is 0. The monoisotopic (exact) mass is 204 g/mol. The smallest absolute Gasteiger partial charge is 0.159 e. The van der Waals surface area contributed by atoms with E-state index in [0.29, 0.717) is 34.4 Å². The van der Waals surface area contributed by atoms with Crippen LogP contribution in [0.2, 0.25) is 0 Å². The first kappa shape index (κ1) is 9.62. The normalized spacial score (nSPS) is 51.9. The van der Waals surface area contributed by atoms with E-state index in [1.165, 1.54) is 12.8 Å². The van der Waals surface area contributed by atoms with Gasteiger partial charge < -0.3 is 0 Å². The van der Waals surface area contributed by atoms with E-state index in [4.69, 9.17) is 0 Å². The molecule has 4 bridgehead atoms. The Labute approximate surface area is 91.9 Å². The van der Waals surface area contributed by atoms with Crippen molar-refractivity contribution in [2.75, 3.05) is 0 Å². The summed E-state index contributed by atoms with van der Waals surface area (Å²) in [7, 11) is 0. The molecule has 0 radical (unpaired) electrons. The molecule has 3 rings (SSSR count). The van der Waals surface area contributed by atoms with Crippen molar-refractivity contribution >= 4 is 5.78 Å². The van der Waals surface area contributed by atoms with E-state index in [9.17, 15) is 4.79 Å². The van der Waals surface area contributed by atoms with Crippen molar-refractivity contribution in [1.82, 2.24) is 0 Å². The molecule has 0 saturated heterocycles. The highest BCUT2D eigenvalue weighted by Crippen LogP contribution is 2.72. The second-order valence-electron chi connectivity index (χ2n) is 6.39. The molecule has 0 aliphatic heterocycles. The van der Waals surface area contributed by atoms with Crippen LogP contribution in [0.1, 0.15) is 40.0 Å². The fraction of sp³-hybridized carbons (Fsp3) is 0.786. The third-order valence-electron chi connectivity index (χ3n) is 5.79. The molecule has 15 heavy (non-hydrogen) atoms. The SMILES string of the molecule is CC(C)[C@]12CC[C@]3(C)[C@H](C1)C(=O)C=C[C@H]23. The predicted molar refractivity (Wildman–Crippen MR) is 60.4 cm³/mol. The van der Waals surface area contributed by atoms with Crippen molar-refractivity contribution in [3.63, 3.8) is 0 Å². The molecule has 2 saturated carbocycles. The molecule has 3 aliphatic rings. The molecule has 0 aromatic carbocycles. The van der Waals surface area contributed by atoms with E-state index >= 15 is 0 Å². The Morgan fingerprint density at radius 2 is 2.13 bits per heavy atom. The van der Waals surface area contributed by atoms with Gasteiger partial charge in [0.05, 0.1) is 0 Å². The summed E-state index contributed by atoms with van der Waals surface area (Å²) >= 11 is 0. The number of allylic oxidation sites excluding steroid dienone is 2. The van der Waals surface area contributed by atoms with Crippen molar-refractivity contribution < 1.29 is 4.79 Å². The molecule has 3 aliphatic carbocycles. The third-order valence-corrected chi connectivity index (χ3v) is 5.79. The van der Waals surface area contributed by atoms with Gasteiger partial charge in [-0.15, -0.1) is 0 Å². The standard InChI is InChI=1S/C14H20O/c1-9(2)14-7-6-13(3)10(8-14)11(15)4-5-12(13)14/h4-5,9-10,12H,6-8H2,1-3H3/t10-,12+,13-,14+/m1/s1. The van der Waals surface area contributed by atoms with E-state index < -0.39 is 0 Å². The molecule has 0 spiro atoms. The van der Waals surface area contributed by atoms with Crippen molar-refractivity contribution in [3.8, 4) is 0 Å². The Morgan fingerprint density at radius 3 is 2.73 bits per heavy atom. The lowest BCUT2D eigenvalue weighted by atomic mass is 9.69. The lowest BCUT2D eigenvalue weighted by Gasteiger charge is -2.35. The number of ketones is 1. The van der Waals surface area contributed by atoms with Gasteiger partial charge in [0.1, 0.15) is 0 Å². The van der Waals surface area contributed by atoms with E-state index in [1.54, 1.807) is 0 Å². The van der Waals surface area contributed by atoms with Crippen LogP contribution >= 0.6 is 0 Å². The van der Waals surface area contributed by atoms with Gasteiger partial charge in [-0.05, 0) is 48.0 Å². The van der Waals surface area contributed by atoms with Gasteiger partial charge in [0.2, 0.25) is 0 Å². The number of carbonyl (C=O) groups is 1. The minimum Gasteiger partial charge on any atom is -0.295 e. The minimum absolute atomic E-state index is 0.302. The highest BCUT2D eigenvalue weighted by molar-refractivity contribution is 5.94. The summed E-state index contributed by atoms with van der Waals surface area (Å²) in [4.78, 5) is 11.9. The first-order valence-electron chi connectivity index (χ1n) is 6.23. The molecule has 2 fully saturated rings. The Morgan fingerprint density at radius 1 is 1.40 bits per heavy atom. The summed E-state index contributed by atoms with van der Waals surface area (Å²) in [5.74, 6) is 2.12. The van der Waals surface area contributed by atoms with Gasteiger partial charge in [-0.3, -0.25) is 4.79 Å². The van der Waals surface area contributed by atoms with E-state index in [2.05, 4.69) is 26.8 Å². The fourth-order valence-electron chi connectivity index (χ4n) is 4.73. The number of hydrogen-bond donors (Lipinski definition) is 0. The highest BCUT2D eigenvalue weighted by Gasteiger charge is 2.66. The molecule has 0 aromatic rings. The van der Waals surface area contributed by atoms with Crippen LogP contribution in [0.25, 0.3) is 0 Å². The molecule has 82 valence electrons. The van der Waals surface area contributed by atoms with Crippen LogP contribution in [0.3, 0.4) is 0 Å². The van der Waals surface area contributed by atoms with Crippen LogP contribution < -0.4 is 0 Å². The largest absolute Gasteiger partial charge is 0.295 e. The maximum absolute atomic E-state index is 11.9. The molecule has 1 heteroatoms. The Balaban J connectivity index is 2.13. The van der Waals surface area contributed by atoms with Crippen LogP contribution in [0.15, 0.2) is 12.2 Å². The fourth-order valence-corrected chi connectivity index (χ4v) is 4.73. The minimum atomic E-state index is 0.302. The van der Waals surface area contributed by atoms with Gasteiger partial charge in [0.25, 0.3) is 0 Å². The van der Waals surface area contributed by atoms with E-state index in [-0.39, 0.29) is 0 Å². The average Bonchev–Trinajstić information content (AvgIpc) is 2.54. The number of carbonyl (C=O) groups excluding carboxylic acids is 1. The summed E-state index contributed by atoms with van der Waals surface area (Å²) in [6.07, 6.45) is 7.85. The highest BCUT2D eigenvalue weighted by atomic mass is 16.1. The molecular formula is C14H20O. The zero-order valence-electron chi connectivity index (χ0n) is 9.92. The average molecular weight is 204 g/mol. The Hall–Kier alpha value is -0.590. The Bertz CT molecular complexity index is 354. The predicted octanol–water partition coefficient (Wildman–Crippen LogP) is 3.20. The van der Waals surface area contributed by atoms with Gasteiger partial charge in [-0.1, -0.05) is 26.8 Å². The topological polar surface area (TPSA) is 17.1 Å². The zero-order chi connectivity index (χ0) is 10.8. The molecular weight excluding hydrogens is 184 g/mol. The van der Waals surface area contributed by atoms with Crippen LogP contribution in [0.4, 0.5) is 0 Å². The second-order valence-corrected chi connectivity index (χ2v) is 6.39. The lowest BCUT2D eigenvalue weighted by Crippen LogP contribution is -2.33. The van der Waals surface area contributed by atoms with Gasteiger partial charge in [-0.25, -0.2) is 0 Å². The molecule has 0 heterocycles. The van der Waals surface area contributed by atoms with Gasteiger partial charge >= 0.3 is 0 Å². The van der Waals surface area contributed by atoms with Crippen molar-refractivity contribution in [3.05, 3.63) is 12.2 Å². The summed E-state index contributed by atoms with van der Waals surface area (Å²) in [5.41, 5.74) is 0.748. The van der Waals surface area contributed by atoms with Gasteiger partial charge in [0.15, 0.2) is 5.78 Å². The number of rotatable bonds is 1. The number of hydrogen-bond acceptors (Lipinski definition) is 1. The van der Waals surface area contributed by atoms with Crippen molar-refractivity contribution in [1.29, 1.82) is 0 Å². The Kier molecular flexibility index (Phi) is 1.64. The molecule has 0 N–H and O–H groups in total. The van der Waals surface area contributed by atoms with Crippen LogP contribution in [0, 0.1) is 28.6 Å². The summed E-state index contributed by atoms with van der Waals surface area (Å²) in [6, 6.07) is 0. The second kappa shape index (κ2) is 2.56. The van der Waals surface area contributed by atoms with E-state index in [1.807, 2.05) is 6.08 Å². The van der Waals surface area contributed by atoms with Crippen LogP contribution in [-0.4, -0.2) is 5.78 Å². The molecule has 0 aromatic heterocycles. The summed E-state index contributed by atoms with van der Waals surface area (Å²) < 4.78 is 0. The third kappa shape index (κ3) is 0.885. The van der Waals surface area contributed by atoms with Crippen molar-refractivity contribution in [2.24, 2.45) is 28.6 Å². The maximum atomic E-state index is 11.9. The molecule has 0 unspecified atom stereocenters. The van der Waals surface area contributed by atoms with E-state index in [0.717, 1.165) is 6.42 Å². The van der Waals surface area contributed by atoms with Crippen LogP contribution in [-0.2, 0) is 4.79 Å². The lowest BCUT2D eigenvalue weighted by molar-refractivity contribution is -0.122. The van der Waals surface area contributed by atoms with Crippen LogP contribution in [0.5, 0.6) is 0 Å². The quantitative estimate of drug-likeness (QED) is 0.641. The molecule has 1 nitrogen and oxygen atoms in total. The van der Waals surface area contributed by atoms with Gasteiger partial charge in [-0.2, -0.15) is 0 Å². The zero-order valence-corrected chi connectivity index (χ0v) is 9.92. The maximum Gasteiger partial charge on any atom is 0.159 e. The first-order chi connectivity index (χ1) is 7.01. The summed E-state index contributed by atoms with van der Waals surface area (Å²) in [6.45, 7) is 7.02. The van der Waals surface area contributed by atoms with Gasteiger partial charge in [0, 0.05) is 5.92 Å². The first-order valence-corrected chi connectivity index (χ1v) is 6.23. The molecule has 0 amide bonds. The van der Waals surface area contributed by atoms with Crippen molar-refractivity contribution in [2.45, 2.75) is 40.0 Å². The molecule has 4 atom stereocenters.